The van der Waals surface area contributed by atoms with Gasteiger partial charge in [-0.2, -0.15) is 0 Å². The van der Waals surface area contributed by atoms with E-state index in [0.717, 1.165) is 17.7 Å². The number of amides is 1. The van der Waals surface area contributed by atoms with Gasteiger partial charge in [0.25, 0.3) is 11.7 Å². The highest BCUT2D eigenvalue weighted by molar-refractivity contribution is 6.06. The van der Waals surface area contributed by atoms with E-state index in [4.69, 9.17) is 9.47 Å². The van der Waals surface area contributed by atoms with E-state index in [0.29, 0.717) is 25.7 Å². The number of carbonyl (C=O) groups is 1. The standard InChI is InChI=1S/C15H19NO3/c1-11(2)7-8-16-13-6-4-3-5-12(13)15(14(16)17)18-9-10-19-15/h3-6,11H,7-10H2,1-2H3. The maximum Gasteiger partial charge on any atom is 0.292 e. The van der Waals surface area contributed by atoms with Crippen LogP contribution in [-0.4, -0.2) is 25.7 Å². The van der Waals surface area contributed by atoms with E-state index in [1.807, 2.05) is 24.3 Å². The largest absolute Gasteiger partial charge is 0.336 e. The molecule has 2 heterocycles. The van der Waals surface area contributed by atoms with Crippen LogP contribution in [0.2, 0.25) is 0 Å². The van der Waals surface area contributed by atoms with Gasteiger partial charge >= 0.3 is 0 Å². The average Bonchev–Trinajstić information content (AvgIpc) is 2.96. The third kappa shape index (κ3) is 1.86. The van der Waals surface area contributed by atoms with E-state index in [1.165, 1.54) is 0 Å². The fourth-order valence-corrected chi connectivity index (χ4v) is 2.69. The molecule has 0 N–H and O–H groups in total. The first-order valence-electron chi connectivity index (χ1n) is 6.84. The number of rotatable bonds is 3. The lowest BCUT2D eigenvalue weighted by atomic mass is 10.1. The SMILES string of the molecule is CC(C)CCN1C(=O)C2(OCCO2)c2ccccc21. The summed E-state index contributed by atoms with van der Waals surface area (Å²) in [7, 11) is 0. The van der Waals surface area contributed by atoms with Gasteiger partial charge in [-0.3, -0.25) is 4.79 Å². The lowest BCUT2D eigenvalue weighted by Crippen LogP contribution is -2.41. The van der Waals surface area contributed by atoms with Gasteiger partial charge in [0.15, 0.2) is 0 Å². The van der Waals surface area contributed by atoms with E-state index in [-0.39, 0.29) is 5.91 Å². The number of fused-ring (bicyclic) bond motifs is 2. The molecule has 1 amide bonds. The van der Waals surface area contributed by atoms with Crippen LogP contribution in [0.1, 0.15) is 25.8 Å². The van der Waals surface area contributed by atoms with E-state index in [1.54, 1.807) is 4.90 Å². The predicted octanol–water partition coefficient (Wildman–Crippen LogP) is 2.28. The van der Waals surface area contributed by atoms with E-state index >= 15 is 0 Å². The molecular weight excluding hydrogens is 242 g/mol. The van der Waals surface area contributed by atoms with Crippen LogP contribution in [0.5, 0.6) is 0 Å². The fourth-order valence-electron chi connectivity index (χ4n) is 2.69. The highest BCUT2D eigenvalue weighted by Crippen LogP contribution is 2.45. The fraction of sp³-hybridized carbons (Fsp3) is 0.533. The lowest BCUT2D eigenvalue weighted by Gasteiger charge is -2.22. The molecule has 3 rings (SSSR count). The second-order valence-electron chi connectivity index (χ2n) is 5.47. The van der Waals surface area contributed by atoms with Crippen molar-refractivity contribution in [2.24, 2.45) is 5.92 Å². The van der Waals surface area contributed by atoms with Gasteiger partial charge in [-0.25, -0.2) is 0 Å². The summed E-state index contributed by atoms with van der Waals surface area (Å²) in [4.78, 5) is 14.5. The van der Waals surface area contributed by atoms with Crippen LogP contribution < -0.4 is 4.90 Å². The van der Waals surface area contributed by atoms with Crippen LogP contribution in [0.4, 0.5) is 5.69 Å². The molecule has 0 saturated carbocycles. The number of carbonyl (C=O) groups excluding carboxylic acids is 1. The van der Waals surface area contributed by atoms with E-state index < -0.39 is 5.79 Å². The maximum atomic E-state index is 12.7. The second-order valence-corrected chi connectivity index (χ2v) is 5.47. The van der Waals surface area contributed by atoms with Gasteiger partial charge in [0.2, 0.25) is 0 Å². The molecule has 2 aliphatic rings. The molecule has 0 atom stereocenters. The minimum Gasteiger partial charge on any atom is -0.336 e. The molecule has 102 valence electrons. The van der Waals surface area contributed by atoms with Crippen molar-refractivity contribution in [2.75, 3.05) is 24.7 Å². The third-order valence-corrected chi connectivity index (χ3v) is 3.70. The van der Waals surface area contributed by atoms with Gasteiger partial charge in [-0.1, -0.05) is 32.0 Å². The van der Waals surface area contributed by atoms with E-state index in [9.17, 15) is 4.79 Å². The van der Waals surface area contributed by atoms with Gasteiger partial charge in [-0.05, 0) is 18.4 Å². The molecule has 1 aromatic carbocycles. The quantitative estimate of drug-likeness (QED) is 0.838. The zero-order chi connectivity index (χ0) is 13.5. The number of ether oxygens (including phenoxy) is 2. The number of hydrogen-bond donors (Lipinski definition) is 0. The molecule has 1 spiro atoms. The van der Waals surface area contributed by atoms with Crippen molar-refractivity contribution in [3.8, 4) is 0 Å². The molecule has 1 fully saturated rings. The Morgan fingerprint density at radius 3 is 2.63 bits per heavy atom. The highest BCUT2D eigenvalue weighted by Gasteiger charge is 2.55. The van der Waals surface area contributed by atoms with Crippen molar-refractivity contribution in [3.63, 3.8) is 0 Å². The summed E-state index contributed by atoms with van der Waals surface area (Å²) < 4.78 is 11.3. The molecule has 4 heteroatoms. The van der Waals surface area contributed by atoms with Crippen LogP contribution in [0, 0.1) is 5.92 Å². The number of benzene rings is 1. The molecule has 0 aliphatic carbocycles. The number of anilines is 1. The van der Waals surface area contributed by atoms with Gasteiger partial charge in [-0.15, -0.1) is 0 Å². The summed E-state index contributed by atoms with van der Waals surface area (Å²) in [5.41, 5.74) is 1.77. The van der Waals surface area contributed by atoms with Crippen LogP contribution in [0.25, 0.3) is 0 Å². The van der Waals surface area contributed by atoms with Gasteiger partial charge in [0.1, 0.15) is 0 Å². The first kappa shape index (κ1) is 12.6. The first-order valence-corrected chi connectivity index (χ1v) is 6.84. The Hall–Kier alpha value is -1.39. The summed E-state index contributed by atoms with van der Waals surface area (Å²) in [6, 6.07) is 7.76. The van der Waals surface area contributed by atoms with E-state index in [2.05, 4.69) is 13.8 Å². The molecule has 0 aromatic heterocycles. The van der Waals surface area contributed by atoms with Crippen molar-refractivity contribution in [2.45, 2.75) is 26.1 Å². The zero-order valence-electron chi connectivity index (χ0n) is 11.4. The van der Waals surface area contributed by atoms with Crippen LogP contribution in [0.3, 0.4) is 0 Å². The molecule has 2 aliphatic heterocycles. The van der Waals surface area contributed by atoms with Gasteiger partial charge < -0.3 is 14.4 Å². The summed E-state index contributed by atoms with van der Waals surface area (Å²) in [6.07, 6.45) is 0.968. The van der Waals surface area contributed by atoms with Gasteiger partial charge in [0.05, 0.1) is 18.9 Å². The van der Waals surface area contributed by atoms with Crippen molar-refractivity contribution in [1.82, 2.24) is 0 Å². The molecule has 0 radical (unpaired) electrons. The molecule has 1 aromatic rings. The molecule has 1 saturated heterocycles. The third-order valence-electron chi connectivity index (χ3n) is 3.70. The summed E-state index contributed by atoms with van der Waals surface area (Å²) in [6.45, 7) is 5.97. The Labute approximate surface area is 113 Å². The molecular formula is C15H19NO3. The predicted molar refractivity (Wildman–Crippen MR) is 71.8 cm³/mol. The maximum absolute atomic E-state index is 12.7. The van der Waals surface area contributed by atoms with Gasteiger partial charge in [0, 0.05) is 12.1 Å². The first-order chi connectivity index (χ1) is 9.15. The summed E-state index contributed by atoms with van der Waals surface area (Å²) in [5, 5.41) is 0. The topological polar surface area (TPSA) is 38.8 Å². The Balaban J connectivity index is 1.97. The minimum absolute atomic E-state index is 0.0770. The Morgan fingerprint density at radius 1 is 1.26 bits per heavy atom. The number of para-hydroxylation sites is 1. The van der Waals surface area contributed by atoms with Crippen LogP contribution in [0.15, 0.2) is 24.3 Å². The van der Waals surface area contributed by atoms with Crippen molar-refractivity contribution >= 4 is 11.6 Å². The number of hydrogen-bond acceptors (Lipinski definition) is 3. The Bertz CT molecular complexity index is 492. The lowest BCUT2D eigenvalue weighted by molar-refractivity contribution is -0.180. The summed E-state index contributed by atoms with van der Waals surface area (Å²) in [5.74, 6) is -0.693. The van der Waals surface area contributed by atoms with Crippen molar-refractivity contribution in [3.05, 3.63) is 29.8 Å². The molecule has 0 unspecified atom stereocenters. The highest BCUT2D eigenvalue weighted by atomic mass is 16.7. The molecule has 0 bridgehead atoms. The second kappa shape index (κ2) is 4.62. The van der Waals surface area contributed by atoms with Crippen molar-refractivity contribution in [1.29, 1.82) is 0 Å². The van der Waals surface area contributed by atoms with Crippen molar-refractivity contribution < 1.29 is 14.3 Å². The van der Waals surface area contributed by atoms with Crippen LogP contribution in [-0.2, 0) is 20.1 Å². The Morgan fingerprint density at radius 2 is 1.95 bits per heavy atom. The average molecular weight is 261 g/mol. The van der Waals surface area contributed by atoms with Crippen LogP contribution >= 0.6 is 0 Å². The number of nitrogens with zero attached hydrogens (tertiary/aromatic N) is 1. The zero-order valence-corrected chi connectivity index (χ0v) is 11.4. The summed E-state index contributed by atoms with van der Waals surface area (Å²) >= 11 is 0. The smallest absolute Gasteiger partial charge is 0.292 e. The monoisotopic (exact) mass is 261 g/mol. The normalized spacial score (nSPS) is 20.6. The molecule has 4 nitrogen and oxygen atoms in total. The minimum atomic E-state index is -1.17. The molecule has 19 heavy (non-hydrogen) atoms. The Kier molecular flexibility index (Phi) is 3.07.